The minimum absolute atomic E-state index is 0.141. The van der Waals surface area contributed by atoms with Gasteiger partial charge in [0.15, 0.2) is 37.4 Å². The van der Waals surface area contributed by atoms with Crippen molar-refractivity contribution in [2.24, 2.45) is 0 Å². The van der Waals surface area contributed by atoms with Gasteiger partial charge in [0.05, 0.1) is 6.61 Å². The highest BCUT2D eigenvalue weighted by atomic mass is 31.3. The first-order valence-corrected chi connectivity index (χ1v) is 23.5. The van der Waals surface area contributed by atoms with Gasteiger partial charge >= 0.3 is 34.8 Å². The second-order valence-corrected chi connectivity index (χ2v) is 19.1. The van der Waals surface area contributed by atoms with Gasteiger partial charge in [-0.25, -0.2) is 23.3 Å². The number of phosphoric ester groups is 1. The second-order valence-electron chi connectivity index (χ2n) is 14.7. The van der Waals surface area contributed by atoms with E-state index < -0.39 is 119 Å². The molecule has 4 aliphatic heterocycles. The van der Waals surface area contributed by atoms with Crippen LogP contribution in [0.1, 0.15) is 23.6 Å². The highest BCUT2D eigenvalue weighted by Gasteiger charge is 2.77. The highest BCUT2D eigenvalue weighted by Crippen LogP contribution is 2.67. The predicted molar refractivity (Wildman–Crippen MR) is 211 cm³/mol. The SMILES string of the molecule is O=c1ccn([C@@H]2O[C@H](C(O)OP(=O)(O)OP(=O)(O)OP(=O)(O)O)[C@]3(O)OC(Cc4ccccc4)O[C@]23O)c(=O)[nH]1.O=c1ccn([C@@H]2O[C@H](CO)[C@]3(O)OC(Cc4ccccc4)O[C@]23O)c(=O)[nH]1. The first-order valence-electron chi connectivity index (χ1n) is 18.9. The quantitative estimate of drug-likeness (QED) is 0.0431. The molecule has 366 valence electrons. The fourth-order valence-electron chi connectivity index (χ4n) is 7.33. The van der Waals surface area contributed by atoms with Crippen LogP contribution in [-0.4, -0.2) is 130 Å². The molecule has 0 bridgehead atoms. The summed E-state index contributed by atoms with van der Waals surface area (Å²) in [7, 11) is -17.7. The van der Waals surface area contributed by atoms with E-state index in [9.17, 15) is 73.3 Å². The third-order valence-corrected chi connectivity index (χ3v) is 13.9. The van der Waals surface area contributed by atoms with Crippen LogP contribution in [0.15, 0.2) is 104 Å². The molecule has 4 fully saturated rings. The van der Waals surface area contributed by atoms with E-state index in [0.29, 0.717) is 10.1 Å². The molecule has 0 radical (unpaired) electrons. The number of phosphoric acid groups is 3. The summed E-state index contributed by atoms with van der Waals surface area (Å²) in [6.07, 6.45) is -11.0. The minimum Gasteiger partial charge on any atom is -0.393 e. The van der Waals surface area contributed by atoms with Gasteiger partial charge in [-0.2, -0.15) is 8.62 Å². The van der Waals surface area contributed by atoms with Crippen LogP contribution in [0.5, 0.6) is 0 Å². The van der Waals surface area contributed by atoms with Gasteiger partial charge in [0.2, 0.25) is 0 Å². The third kappa shape index (κ3) is 10.2. The Morgan fingerprint density at radius 1 is 0.612 bits per heavy atom. The molecule has 2 aromatic carbocycles. The molecule has 0 aliphatic carbocycles. The number of hydrogen-bond donors (Lipinski definition) is 12. The summed E-state index contributed by atoms with van der Waals surface area (Å²) in [6, 6.07) is 19.2. The van der Waals surface area contributed by atoms with Crippen molar-refractivity contribution in [1.82, 2.24) is 19.1 Å². The Bertz CT molecular complexity index is 2830. The van der Waals surface area contributed by atoms with Crippen molar-refractivity contribution in [2.75, 3.05) is 6.61 Å². The van der Waals surface area contributed by atoms with Crippen LogP contribution in [0.25, 0.3) is 0 Å². The van der Waals surface area contributed by atoms with Crippen molar-refractivity contribution in [1.29, 1.82) is 0 Å². The van der Waals surface area contributed by atoms with Crippen LogP contribution >= 0.6 is 23.5 Å². The van der Waals surface area contributed by atoms with Crippen molar-refractivity contribution in [3.05, 3.63) is 138 Å². The lowest BCUT2D eigenvalue weighted by Gasteiger charge is -2.32. The molecular weight excluding hydrogens is 973 g/mol. The fraction of sp³-hybridized carbons (Fsp3) is 0.412. The number of nitrogens with one attached hydrogen (secondary N) is 2. The first-order chi connectivity index (χ1) is 31.2. The van der Waals surface area contributed by atoms with E-state index in [4.69, 9.17) is 38.2 Å². The normalized spacial score (nSPS) is 33.5. The average molecular weight is 1010 g/mol. The molecule has 5 unspecified atom stereocenters. The molecule has 8 rings (SSSR count). The number of H-pyrrole nitrogens is 2. The number of aromatic nitrogens is 4. The van der Waals surface area contributed by atoms with Crippen molar-refractivity contribution >= 4 is 23.5 Å². The van der Waals surface area contributed by atoms with Crippen molar-refractivity contribution < 1.29 is 105 Å². The Morgan fingerprint density at radius 2 is 1.04 bits per heavy atom. The van der Waals surface area contributed by atoms with E-state index in [1.165, 1.54) is 0 Å². The number of aliphatic hydroxyl groups excluding tert-OH is 2. The van der Waals surface area contributed by atoms with Crippen LogP contribution in [0, 0.1) is 0 Å². The Hall–Kier alpha value is -4.27. The number of nitrogens with zero attached hydrogens (tertiary/aromatic N) is 2. The second kappa shape index (κ2) is 18.6. The monoisotopic (exact) mass is 1010 g/mol. The summed E-state index contributed by atoms with van der Waals surface area (Å²) < 4.78 is 80.1. The topological polar surface area (TPSA) is 446 Å². The molecule has 0 amide bonds. The van der Waals surface area contributed by atoms with Crippen molar-refractivity contribution in [3.8, 4) is 0 Å². The zero-order valence-electron chi connectivity index (χ0n) is 33.5. The van der Waals surface area contributed by atoms with Crippen molar-refractivity contribution in [3.63, 3.8) is 0 Å². The number of ether oxygens (including phenoxy) is 6. The fourth-order valence-corrected chi connectivity index (χ4v) is 10.4. The predicted octanol–water partition coefficient (Wildman–Crippen LogP) is -3.49. The Morgan fingerprint density at radius 3 is 1.49 bits per heavy atom. The number of rotatable bonds is 14. The van der Waals surface area contributed by atoms with Crippen LogP contribution in [-0.2, 0) is 68.1 Å². The van der Waals surface area contributed by atoms with Crippen LogP contribution in [0.2, 0.25) is 0 Å². The number of benzene rings is 2. The summed E-state index contributed by atoms with van der Waals surface area (Å²) >= 11 is 0. The summed E-state index contributed by atoms with van der Waals surface area (Å²) in [4.78, 5) is 87.6. The lowest BCUT2D eigenvalue weighted by molar-refractivity contribution is -0.304. The molecule has 30 nitrogen and oxygen atoms in total. The Kier molecular flexibility index (Phi) is 14.0. The molecule has 67 heavy (non-hydrogen) atoms. The summed E-state index contributed by atoms with van der Waals surface area (Å²) in [5.74, 6) is -11.2. The van der Waals surface area contributed by atoms with E-state index in [2.05, 4.69) is 13.1 Å². The van der Waals surface area contributed by atoms with Crippen molar-refractivity contribution in [2.45, 2.75) is 79.5 Å². The first kappa shape index (κ1) is 50.6. The van der Waals surface area contributed by atoms with Gasteiger partial charge in [-0.05, 0) is 11.1 Å². The van der Waals surface area contributed by atoms with E-state index in [-0.39, 0.29) is 12.8 Å². The lowest BCUT2D eigenvalue weighted by atomic mass is 10.0. The standard InChI is InChI=1S/C17H21N2O18P3.C17H18N2O8/c20-10-6-7-19(15(22)18-10)14-17(24)16(23,33-11(34-17)8-9-4-2-1-3-5-9)12(32-14)13(21)35-39(28,29)37-40(30,31)36-38(25,26)27;20-9-11-16(23)17(24,14(25-11)19-7-6-12(21)18-15(19)22)27-13(26-16)8-10-4-2-1-3-5-10/h1-7,11-14,21,23-24H,8H2,(H,28,29)(H,30,31)(H,18,20,22)(H2,25,26,27);1-7,11,13-14,20,23-24H,8-9H2,(H,18,21,22)/t11?,12-,13?,14-,16+,17-;11-,13?,14-,16+,17-/m11/s1. The van der Waals surface area contributed by atoms with Crippen LogP contribution in [0.4, 0.5) is 0 Å². The highest BCUT2D eigenvalue weighted by molar-refractivity contribution is 7.66. The van der Waals surface area contributed by atoms with Gasteiger partial charge < -0.3 is 78.6 Å². The molecule has 13 atom stereocenters. The van der Waals surface area contributed by atoms with Gasteiger partial charge in [0.1, 0.15) is 6.10 Å². The van der Waals surface area contributed by atoms with Gasteiger partial charge in [-0.3, -0.25) is 33.2 Å². The molecule has 0 saturated carbocycles. The van der Waals surface area contributed by atoms with E-state index in [0.717, 1.165) is 34.7 Å². The smallest absolute Gasteiger partial charge is 0.393 e. The molecular formula is C34H39N4O26P3. The van der Waals surface area contributed by atoms with E-state index >= 15 is 0 Å². The molecule has 4 saturated heterocycles. The van der Waals surface area contributed by atoms with Crippen LogP contribution < -0.4 is 22.5 Å². The van der Waals surface area contributed by atoms with E-state index in [1.807, 2.05) is 40.3 Å². The number of aromatic amines is 2. The minimum atomic E-state index is -6.00. The largest absolute Gasteiger partial charge is 0.490 e. The van der Waals surface area contributed by atoms with Gasteiger partial charge in [-0.15, -0.1) is 0 Å². The molecule has 33 heteroatoms. The average Bonchev–Trinajstić information content (AvgIpc) is 3.78. The molecule has 4 aliphatic rings. The Labute approximate surface area is 371 Å². The lowest BCUT2D eigenvalue weighted by Crippen LogP contribution is -2.59. The van der Waals surface area contributed by atoms with Crippen LogP contribution in [0.3, 0.4) is 0 Å². The van der Waals surface area contributed by atoms with Gasteiger partial charge in [0.25, 0.3) is 34.3 Å². The number of aliphatic hydroxyl groups is 6. The zero-order valence-corrected chi connectivity index (χ0v) is 36.2. The van der Waals surface area contributed by atoms with Gasteiger partial charge in [0, 0.05) is 37.4 Å². The molecule has 6 heterocycles. The molecule has 0 spiro atoms. The number of hydrogen-bond acceptors (Lipinski definition) is 22. The molecule has 2 aromatic heterocycles. The maximum Gasteiger partial charge on any atom is 0.490 e. The maximum absolute atomic E-state index is 12.4. The third-order valence-electron chi connectivity index (χ3n) is 10.1. The zero-order chi connectivity index (χ0) is 49.0. The summed E-state index contributed by atoms with van der Waals surface area (Å²) in [5.41, 5.74) is -2.20. The Balaban J connectivity index is 0.000000214. The number of fused-ring (bicyclic) bond motifs is 2. The summed E-state index contributed by atoms with van der Waals surface area (Å²) in [6.45, 7) is -0.700. The van der Waals surface area contributed by atoms with E-state index in [1.54, 1.807) is 30.3 Å². The molecule has 4 aromatic rings. The summed E-state index contributed by atoms with van der Waals surface area (Å²) in [5, 5.41) is 64.8. The maximum atomic E-state index is 12.4. The van der Waals surface area contributed by atoms with Gasteiger partial charge in [-0.1, -0.05) is 60.7 Å². The molecule has 12 N–H and O–H groups in total.